The van der Waals surface area contributed by atoms with Gasteiger partial charge in [0.15, 0.2) is 6.61 Å². The van der Waals surface area contributed by atoms with E-state index in [2.05, 4.69) is 11.9 Å². The van der Waals surface area contributed by atoms with Crippen molar-refractivity contribution in [1.82, 2.24) is 14.9 Å². The second-order valence-corrected chi connectivity index (χ2v) is 8.91. The Kier molecular flexibility index (Phi) is 5.90. The summed E-state index contributed by atoms with van der Waals surface area (Å²) in [6.07, 6.45) is 3.11. The van der Waals surface area contributed by atoms with Gasteiger partial charge in [-0.25, -0.2) is 4.98 Å². The fraction of sp³-hybridized carbons (Fsp3) is 0.435. The van der Waals surface area contributed by atoms with Crippen molar-refractivity contribution in [3.8, 4) is 17.1 Å². The van der Waals surface area contributed by atoms with Crippen molar-refractivity contribution < 1.29 is 9.53 Å². The fourth-order valence-corrected chi connectivity index (χ4v) is 5.39. The number of amides is 1. The van der Waals surface area contributed by atoms with E-state index < -0.39 is 0 Å². The highest BCUT2D eigenvalue weighted by molar-refractivity contribution is 7.18. The van der Waals surface area contributed by atoms with E-state index in [4.69, 9.17) is 9.72 Å². The SMILES string of the molecule is CCN(CC)C(=O)COc1ccc(-c2nc3sc4c(c3c(=O)[nH]2)CCC(C)C4)cc1. The summed E-state index contributed by atoms with van der Waals surface area (Å²) in [5.74, 6) is 1.80. The highest BCUT2D eigenvalue weighted by atomic mass is 32.1. The van der Waals surface area contributed by atoms with Crippen molar-refractivity contribution in [3.63, 3.8) is 0 Å². The lowest BCUT2D eigenvalue weighted by molar-refractivity contribution is -0.132. The largest absolute Gasteiger partial charge is 0.484 e. The van der Waals surface area contributed by atoms with E-state index in [1.807, 2.05) is 26.0 Å². The van der Waals surface area contributed by atoms with Crippen LogP contribution in [0.5, 0.6) is 5.75 Å². The maximum atomic E-state index is 12.8. The lowest BCUT2D eigenvalue weighted by Gasteiger charge is -2.18. The van der Waals surface area contributed by atoms with Crippen LogP contribution in [0.2, 0.25) is 0 Å². The number of nitrogens with zero attached hydrogens (tertiary/aromatic N) is 2. The molecule has 1 atom stereocenters. The molecule has 1 unspecified atom stereocenters. The number of H-pyrrole nitrogens is 1. The van der Waals surface area contributed by atoms with Gasteiger partial charge in [0.25, 0.3) is 11.5 Å². The number of ether oxygens (including phenoxy) is 1. The Balaban J connectivity index is 1.54. The van der Waals surface area contributed by atoms with Gasteiger partial charge in [0.1, 0.15) is 16.4 Å². The zero-order chi connectivity index (χ0) is 21.3. The van der Waals surface area contributed by atoms with Crippen LogP contribution >= 0.6 is 11.3 Å². The summed E-state index contributed by atoms with van der Waals surface area (Å²) < 4.78 is 5.62. The molecule has 7 heteroatoms. The lowest BCUT2D eigenvalue weighted by atomic mass is 9.89. The second kappa shape index (κ2) is 8.60. The standard InChI is InChI=1S/C23H27N3O3S/c1-4-26(5-2)19(27)13-29-16-9-7-15(8-10-16)21-24-22(28)20-17-11-6-14(3)12-18(17)30-23(20)25-21/h7-10,14H,4-6,11-13H2,1-3H3,(H,24,25,28). The molecule has 3 aromatic rings. The minimum absolute atomic E-state index is 0.0151. The summed E-state index contributed by atoms with van der Waals surface area (Å²) in [4.78, 5) is 36.4. The number of fused-ring (bicyclic) bond motifs is 3. The van der Waals surface area contributed by atoms with E-state index >= 15 is 0 Å². The monoisotopic (exact) mass is 425 g/mol. The number of hydrogen-bond acceptors (Lipinski definition) is 5. The Morgan fingerprint density at radius 1 is 1.27 bits per heavy atom. The molecule has 0 bridgehead atoms. The average Bonchev–Trinajstić information content (AvgIpc) is 3.11. The number of likely N-dealkylation sites (N-methyl/N-ethyl adjacent to an activating group) is 1. The second-order valence-electron chi connectivity index (χ2n) is 7.83. The molecule has 2 aromatic heterocycles. The lowest BCUT2D eigenvalue weighted by Crippen LogP contribution is -2.34. The van der Waals surface area contributed by atoms with Gasteiger partial charge in [0.2, 0.25) is 0 Å². The number of nitrogens with one attached hydrogen (secondary N) is 1. The molecule has 0 fully saturated rings. The predicted octanol–water partition coefficient (Wildman–Crippen LogP) is 4.02. The molecule has 1 aliphatic rings. The molecule has 4 rings (SSSR count). The van der Waals surface area contributed by atoms with Crippen molar-refractivity contribution in [2.75, 3.05) is 19.7 Å². The number of aromatic nitrogens is 2. The summed E-state index contributed by atoms with van der Waals surface area (Å²) in [7, 11) is 0. The summed E-state index contributed by atoms with van der Waals surface area (Å²) in [6, 6.07) is 7.32. The number of carbonyl (C=O) groups excluding carboxylic acids is 1. The van der Waals surface area contributed by atoms with Crippen molar-refractivity contribution >= 4 is 27.5 Å². The zero-order valence-electron chi connectivity index (χ0n) is 17.7. The molecule has 0 radical (unpaired) electrons. The van der Waals surface area contributed by atoms with E-state index in [0.717, 1.165) is 35.0 Å². The third-order valence-electron chi connectivity index (χ3n) is 5.77. The van der Waals surface area contributed by atoms with Gasteiger partial charge >= 0.3 is 0 Å². The van der Waals surface area contributed by atoms with Crippen LogP contribution in [0.25, 0.3) is 21.6 Å². The van der Waals surface area contributed by atoms with Gasteiger partial charge in [0, 0.05) is 23.5 Å². The third kappa shape index (κ3) is 3.99. The Labute approximate surface area is 179 Å². The fourth-order valence-electron chi connectivity index (χ4n) is 4.01. The van der Waals surface area contributed by atoms with Gasteiger partial charge in [-0.2, -0.15) is 0 Å². The molecule has 0 aliphatic heterocycles. The summed E-state index contributed by atoms with van der Waals surface area (Å²) >= 11 is 1.65. The van der Waals surface area contributed by atoms with E-state index in [1.54, 1.807) is 28.4 Å². The normalized spacial score (nSPS) is 15.8. The van der Waals surface area contributed by atoms with Crippen molar-refractivity contribution in [2.45, 2.75) is 40.0 Å². The molecule has 30 heavy (non-hydrogen) atoms. The topological polar surface area (TPSA) is 75.3 Å². The van der Waals surface area contributed by atoms with Crippen molar-refractivity contribution in [2.24, 2.45) is 5.92 Å². The molecule has 1 amide bonds. The highest BCUT2D eigenvalue weighted by Gasteiger charge is 2.23. The number of aromatic amines is 1. The van der Waals surface area contributed by atoms with Gasteiger partial charge in [-0.3, -0.25) is 9.59 Å². The van der Waals surface area contributed by atoms with E-state index in [1.165, 1.54) is 10.4 Å². The van der Waals surface area contributed by atoms with E-state index in [0.29, 0.717) is 30.6 Å². The number of aryl methyl sites for hydroxylation is 1. The van der Waals surface area contributed by atoms with Crippen LogP contribution in [0.4, 0.5) is 0 Å². The van der Waals surface area contributed by atoms with E-state index in [-0.39, 0.29) is 18.1 Å². The van der Waals surface area contributed by atoms with Gasteiger partial charge in [0.05, 0.1) is 5.39 Å². The minimum Gasteiger partial charge on any atom is -0.484 e. The van der Waals surface area contributed by atoms with Gasteiger partial charge in [-0.1, -0.05) is 6.92 Å². The van der Waals surface area contributed by atoms with Crippen molar-refractivity contribution in [1.29, 1.82) is 0 Å². The number of thiophene rings is 1. The first-order valence-electron chi connectivity index (χ1n) is 10.6. The highest BCUT2D eigenvalue weighted by Crippen LogP contribution is 2.36. The van der Waals surface area contributed by atoms with Crippen LogP contribution in [0.1, 0.15) is 37.6 Å². The Bertz CT molecular complexity index is 1110. The molecule has 0 saturated carbocycles. The first kappa shape index (κ1) is 20.6. The maximum Gasteiger partial charge on any atom is 0.260 e. The molecule has 1 aromatic carbocycles. The Morgan fingerprint density at radius 3 is 2.70 bits per heavy atom. The minimum atomic E-state index is -0.0628. The van der Waals surface area contributed by atoms with Gasteiger partial charge < -0.3 is 14.6 Å². The van der Waals surface area contributed by atoms with Crippen LogP contribution in [-0.2, 0) is 17.6 Å². The molecule has 1 N–H and O–H groups in total. The molecule has 6 nitrogen and oxygen atoms in total. The number of hydrogen-bond donors (Lipinski definition) is 1. The maximum absolute atomic E-state index is 12.8. The summed E-state index contributed by atoms with van der Waals surface area (Å²) in [5.41, 5.74) is 1.94. The number of carbonyl (C=O) groups is 1. The van der Waals surface area contributed by atoms with Crippen LogP contribution in [0.15, 0.2) is 29.1 Å². The van der Waals surface area contributed by atoms with Gasteiger partial charge in [-0.05, 0) is 68.9 Å². The molecule has 0 spiro atoms. The Morgan fingerprint density at radius 2 is 2.00 bits per heavy atom. The molecular weight excluding hydrogens is 398 g/mol. The molecule has 0 saturated heterocycles. The van der Waals surface area contributed by atoms with Crippen LogP contribution in [0.3, 0.4) is 0 Å². The van der Waals surface area contributed by atoms with E-state index in [9.17, 15) is 9.59 Å². The first-order chi connectivity index (χ1) is 14.5. The smallest absolute Gasteiger partial charge is 0.260 e. The van der Waals surface area contributed by atoms with Crippen LogP contribution < -0.4 is 10.3 Å². The molecule has 158 valence electrons. The third-order valence-corrected chi connectivity index (χ3v) is 6.92. The zero-order valence-corrected chi connectivity index (χ0v) is 18.5. The van der Waals surface area contributed by atoms with Crippen LogP contribution in [0, 0.1) is 5.92 Å². The first-order valence-corrected chi connectivity index (χ1v) is 11.4. The van der Waals surface area contributed by atoms with Gasteiger partial charge in [-0.15, -0.1) is 11.3 Å². The predicted molar refractivity (Wildman–Crippen MR) is 120 cm³/mol. The van der Waals surface area contributed by atoms with Crippen LogP contribution in [-0.4, -0.2) is 40.5 Å². The van der Waals surface area contributed by atoms with Crippen molar-refractivity contribution in [3.05, 3.63) is 45.1 Å². The average molecular weight is 426 g/mol. The quantitative estimate of drug-likeness (QED) is 0.647. The number of benzene rings is 1. The molecule has 1 aliphatic carbocycles. The summed E-state index contributed by atoms with van der Waals surface area (Å²) in [5, 5.41) is 0.764. The molecular formula is C23H27N3O3S. The summed E-state index contributed by atoms with van der Waals surface area (Å²) in [6.45, 7) is 7.52. The molecule has 2 heterocycles. The number of rotatable bonds is 6. The Hall–Kier alpha value is -2.67.